The molecule has 1 aromatic carbocycles. The first-order valence-electron chi connectivity index (χ1n) is 14.2. The Morgan fingerprint density at radius 2 is 1.88 bits per heavy atom. The van der Waals surface area contributed by atoms with Gasteiger partial charge in [0.15, 0.2) is 0 Å². The number of hydrogen-bond donors (Lipinski definition) is 2. The molecule has 0 aliphatic carbocycles. The second kappa shape index (κ2) is 10.5. The predicted octanol–water partition coefficient (Wildman–Crippen LogP) is 2.79. The Hall–Kier alpha value is -3.96. The lowest BCUT2D eigenvalue weighted by molar-refractivity contribution is -0.151. The summed E-state index contributed by atoms with van der Waals surface area (Å²) in [6, 6.07) is 10.9. The largest absolute Gasteiger partial charge is 0.383 e. The lowest BCUT2D eigenvalue weighted by Gasteiger charge is -2.53. The van der Waals surface area contributed by atoms with E-state index in [-0.39, 0.29) is 24.8 Å². The molecule has 41 heavy (non-hydrogen) atoms. The molecule has 3 aliphatic heterocycles. The average Bonchev–Trinajstić information content (AvgIpc) is 3.63. The van der Waals surface area contributed by atoms with Crippen LogP contribution in [0.2, 0.25) is 0 Å². The number of nitrogens with zero attached hydrogens (tertiary/aromatic N) is 5. The minimum atomic E-state index is -1.17. The first kappa shape index (κ1) is 27.2. The molecule has 2 N–H and O–H groups in total. The van der Waals surface area contributed by atoms with Crippen molar-refractivity contribution in [3.63, 3.8) is 0 Å². The van der Waals surface area contributed by atoms with E-state index in [1.165, 1.54) is 11.3 Å². The molecule has 0 spiro atoms. The van der Waals surface area contributed by atoms with Crippen LogP contribution in [0.3, 0.4) is 0 Å². The summed E-state index contributed by atoms with van der Waals surface area (Å²) in [5, 5.41) is 18.6. The third kappa shape index (κ3) is 4.62. The highest BCUT2D eigenvalue weighted by Crippen LogP contribution is 2.50. The van der Waals surface area contributed by atoms with Crippen molar-refractivity contribution >= 4 is 17.7 Å². The fraction of sp³-hybridized carbons (Fsp3) is 0.467. The Morgan fingerprint density at radius 1 is 1.10 bits per heavy atom. The molecule has 2 aromatic heterocycles. The van der Waals surface area contributed by atoms with Crippen LogP contribution in [0.1, 0.15) is 73.3 Å². The maximum absolute atomic E-state index is 13.2. The summed E-state index contributed by atoms with van der Waals surface area (Å²) in [6.45, 7) is 6.53. The average molecular weight is 559 g/mol. The van der Waals surface area contributed by atoms with Crippen molar-refractivity contribution < 1.29 is 24.0 Å². The van der Waals surface area contributed by atoms with Crippen LogP contribution >= 0.6 is 0 Å². The van der Waals surface area contributed by atoms with Crippen LogP contribution in [0, 0.1) is 5.41 Å². The van der Waals surface area contributed by atoms with E-state index in [0.29, 0.717) is 48.7 Å². The fourth-order valence-electron chi connectivity index (χ4n) is 6.80. The van der Waals surface area contributed by atoms with Crippen molar-refractivity contribution in [2.45, 2.75) is 70.7 Å². The quantitative estimate of drug-likeness (QED) is 0.419. The SMILES string of the molecule is CCC1(CC)CN(Cc2ccc(-c3ncon3)cc2)CCC1(O)c1ccc2c(n1)CN(C1CCC(=O)NC1=O)C2=O. The molecule has 11 nitrogen and oxygen atoms in total. The molecular formula is C30H34N6O5. The molecule has 3 amide bonds. The number of aliphatic hydroxyl groups is 1. The normalized spacial score (nSPS) is 24.4. The van der Waals surface area contributed by atoms with E-state index >= 15 is 0 Å². The van der Waals surface area contributed by atoms with E-state index in [9.17, 15) is 19.5 Å². The van der Waals surface area contributed by atoms with E-state index in [1.807, 2.05) is 12.1 Å². The Morgan fingerprint density at radius 3 is 2.56 bits per heavy atom. The number of amides is 3. The molecule has 2 unspecified atom stereocenters. The van der Waals surface area contributed by atoms with Gasteiger partial charge in [-0.15, -0.1) is 0 Å². The van der Waals surface area contributed by atoms with Gasteiger partial charge in [0.25, 0.3) is 5.91 Å². The summed E-state index contributed by atoms with van der Waals surface area (Å²) < 4.78 is 4.85. The number of fused-ring (bicyclic) bond motifs is 1. The lowest BCUT2D eigenvalue weighted by atomic mass is 9.62. The van der Waals surface area contributed by atoms with Crippen LogP contribution in [0.25, 0.3) is 11.4 Å². The number of rotatable bonds is 7. The highest BCUT2D eigenvalue weighted by atomic mass is 16.5. The van der Waals surface area contributed by atoms with Gasteiger partial charge in [-0.1, -0.05) is 43.3 Å². The zero-order valence-electron chi connectivity index (χ0n) is 23.3. The summed E-state index contributed by atoms with van der Waals surface area (Å²) in [6.07, 6.45) is 3.83. The molecule has 3 aromatic rings. The van der Waals surface area contributed by atoms with E-state index in [4.69, 9.17) is 9.51 Å². The minimum absolute atomic E-state index is 0.182. The maximum atomic E-state index is 13.2. The maximum Gasteiger partial charge on any atom is 0.256 e. The standard InChI is InChI=1S/C30H34N6O5/c1-3-29(4-2)17-35(15-19-5-7-20(8-6-19)26-31-18-41-34-26)14-13-30(29,40)24-11-9-21-22(32-24)16-36(28(21)39)23-10-12-25(37)33-27(23)38/h5-9,11,18,23,40H,3-4,10,12-17H2,1-2H3,(H,33,37,38). The van der Waals surface area contributed by atoms with Crippen LogP contribution in [0.5, 0.6) is 0 Å². The Labute approximate surface area is 237 Å². The molecule has 214 valence electrons. The number of pyridine rings is 1. The monoisotopic (exact) mass is 558 g/mol. The third-order valence-corrected chi connectivity index (χ3v) is 9.32. The highest BCUT2D eigenvalue weighted by Gasteiger charge is 2.54. The zero-order chi connectivity index (χ0) is 28.8. The van der Waals surface area contributed by atoms with Crippen molar-refractivity contribution in [2.75, 3.05) is 13.1 Å². The summed E-state index contributed by atoms with van der Waals surface area (Å²) in [4.78, 5) is 50.1. The molecule has 11 heteroatoms. The van der Waals surface area contributed by atoms with E-state index in [0.717, 1.165) is 30.5 Å². The van der Waals surface area contributed by atoms with Crippen LogP contribution < -0.4 is 5.32 Å². The molecule has 2 fully saturated rings. The van der Waals surface area contributed by atoms with Crippen molar-refractivity contribution in [2.24, 2.45) is 5.41 Å². The molecule has 2 saturated heterocycles. The van der Waals surface area contributed by atoms with Crippen molar-refractivity contribution in [1.82, 2.24) is 30.2 Å². The van der Waals surface area contributed by atoms with Gasteiger partial charge in [0.05, 0.1) is 23.5 Å². The van der Waals surface area contributed by atoms with Crippen LogP contribution in [0.4, 0.5) is 0 Å². The molecule has 0 bridgehead atoms. The fourth-order valence-corrected chi connectivity index (χ4v) is 6.80. The molecule has 0 radical (unpaired) electrons. The number of carbonyl (C=O) groups is 3. The number of benzene rings is 1. The number of hydrogen-bond acceptors (Lipinski definition) is 9. The number of imide groups is 1. The molecule has 5 heterocycles. The topological polar surface area (TPSA) is 142 Å². The lowest BCUT2D eigenvalue weighted by Crippen LogP contribution is -2.57. The number of piperidine rings is 2. The highest BCUT2D eigenvalue weighted by molar-refractivity contribution is 6.05. The van der Waals surface area contributed by atoms with Gasteiger partial charge < -0.3 is 14.5 Å². The van der Waals surface area contributed by atoms with Crippen LogP contribution in [0.15, 0.2) is 47.3 Å². The Balaban J connectivity index is 1.21. The second-order valence-electron chi connectivity index (χ2n) is 11.4. The van der Waals surface area contributed by atoms with Gasteiger partial charge in [0.1, 0.15) is 11.6 Å². The van der Waals surface area contributed by atoms with Crippen LogP contribution in [-0.4, -0.2) is 66.9 Å². The molecule has 2 atom stereocenters. The molecule has 6 rings (SSSR count). The Bertz CT molecular complexity index is 1470. The van der Waals surface area contributed by atoms with Crippen molar-refractivity contribution in [3.8, 4) is 11.4 Å². The Kier molecular flexibility index (Phi) is 6.95. The van der Waals surface area contributed by atoms with E-state index in [1.54, 1.807) is 12.1 Å². The number of aromatic nitrogens is 3. The van der Waals surface area contributed by atoms with E-state index < -0.39 is 23.0 Å². The summed E-state index contributed by atoms with van der Waals surface area (Å²) in [5.41, 5.74) is 2.02. The van der Waals surface area contributed by atoms with Gasteiger partial charge in [-0.05, 0) is 43.4 Å². The second-order valence-corrected chi connectivity index (χ2v) is 11.4. The summed E-state index contributed by atoms with van der Waals surface area (Å²) >= 11 is 0. The number of nitrogens with one attached hydrogen (secondary N) is 1. The summed E-state index contributed by atoms with van der Waals surface area (Å²) in [5.74, 6) is -0.480. The third-order valence-electron chi connectivity index (χ3n) is 9.32. The van der Waals surface area contributed by atoms with Gasteiger partial charge in [-0.3, -0.25) is 29.6 Å². The van der Waals surface area contributed by atoms with Gasteiger partial charge in [-0.25, -0.2) is 0 Å². The minimum Gasteiger partial charge on any atom is -0.383 e. The van der Waals surface area contributed by atoms with Gasteiger partial charge in [0.2, 0.25) is 24.0 Å². The summed E-state index contributed by atoms with van der Waals surface area (Å²) in [7, 11) is 0. The molecule has 0 saturated carbocycles. The van der Waals surface area contributed by atoms with Gasteiger partial charge in [-0.2, -0.15) is 4.98 Å². The smallest absolute Gasteiger partial charge is 0.256 e. The van der Waals surface area contributed by atoms with Gasteiger partial charge in [0, 0.05) is 37.0 Å². The first-order valence-corrected chi connectivity index (χ1v) is 14.2. The van der Waals surface area contributed by atoms with Gasteiger partial charge >= 0.3 is 0 Å². The molecule has 3 aliphatic rings. The van der Waals surface area contributed by atoms with Crippen molar-refractivity contribution in [3.05, 3.63) is 65.3 Å². The first-order chi connectivity index (χ1) is 19.8. The zero-order valence-corrected chi connectivity index (χ0v) is 23.3. The number of carbonyl (C=O) groups excluding carboxylic acids is 3. The van der Waals surface area contributed by atoms with Crippen molar-refractivity contribution in [1.29, 1.82) is 0 Å². The molecular weight excluding hydrogens is 524 g/mol. The van der Waals surface area contributed by atoms with Crippen LogP contribution in [-0.2, 0) is 28.3 Å². The van der Waals surface area contributed by atoms with E-state index in [2.05, 4.69) is 46.3 Å². The predicted molar refractivity (Wildman–Crippen MR) is 147 cm³/mol. The number of likely N-dealkylation sites (tertiary alicyclic amines) is 1.